The van der Waals surface area contributed by atoms with Crippen molar-refractivity contribution in [1.29, 1.82) is 5.41 Å². The van der Waals surface area contributed by atoms with Gasteiger partial charge in [0.15, 0.2) is 0 Å². The van der Waals surface area contributed by atoms with Gasteiger partial charge in [-0.25, -0.2) is 0 Å². The number of hydrogen-bond donors (Lipinski definition) is 2. The summed E-state index contributed by atoms with van der Waals surface area (Å²) in [4.78, 5) is 1.91. The maximum atomic E-state index is 7.38. The minimum Gasteiger partial charge on any atom is -0.384 e. The molecule has 82 valence electrons. The van der Waals surface area contributed by atoms with E-state index in [-0.39, 0.29) is 5.84 Å². The first-order valence-corrected chi connectivity index (χ1v) is 5.51. The van der Waals surface area contributed by atoms with E-state index < -0.39 is 0 Å². The number of hydrogen-bond acceptors (Lipinski definition) is 5. The normalized spacial score (nSPS) is 10.1. The minimum absolute atomic E-state index is 0.0625. The molecule has 5 nitrogen and oxygen atoms in total. The summed E-state index contributed by atoms with van der Waals surface area (Å²) in [5, 5.41) is 16.0. The first-order valence-electron chi connectivity index (χ1n) is 4.63. The summed E-state index contributed by atoms with van der Waals surface area (Å²) in [6.45, 7) is 0. The molecule has 1 heterocycles. The SMILES string of the molecule is CN(c1cccc(C(=N)N)c1)c1nncs1. The van der Waals surface area contributed by atoms with Crippen molar-refractivity contribution in [3.8, 4) is 0 Å². The van der Waals surface area contributed by atoms with Gasteiger partial charge in [-0.05, 0) is 12.1 Å². The lowest BCUT2D eigenvalue weighted by atomic mass is 10.2. The molecule has 0 bridgehead atoms. The van der Waals surface area contributed by atoms with Crippen LogP contribution in [0.2, 0.25) is 0 Å². The average Bonchev–Trinajstić information content (AvgIpc) is 2.81. The largest absolute Gasteiger partial charge is 0.384 e. The molecule has 0 saturated carbocycles. The fourth-order valence-corrected chi connectivity index (χ4v) is 1.85. The van der Waals surface area contributed by atoms with E-state index in [1.807, 2.05) is 30.1 Å². The Morgan fingerprint density at radius 1 is 1.50 bits per heavy atom. The fraction of sp³-hybridized carbons (Fsp3) is 0.100. The van der Waals surface area contributed by atoms with Crippen molar-refractivity contribution in [2.24, 2.45) is 5.73 Å². The monoisotopic (exact) mass is 233 g/mol. The molecular formula is C10H11N5S. The van der Waals surface area contributed by atoms with Gasteiger partial charge in [-0.15, -0.1) is 10.2 Å². The van der Waals surface area contributed by atoms with Crippen molar-refractivity contribution in [3.63, 3.8) is 0 Å². The molecule has 3 N–H and O–H groups in total. The van der Waals surface area contributed by atoms with E-state index in [2.05, 4.69) is 10.2 Å². The Labute approximate surface area is 97.1 Å². The third kappa shape index (κ3) is 2.01. The Morgan fingerprint density at radius 2 is 2.31 bits per heavy atom. The van der Waals surface area contributed by atoms with Crippen molar-refractivity contribution in [1.82, 2.24) is 10.2 Å². The number of rotatable bonds is 3. The minimum atomic E-state index is 0.0625. The third-order valence-electron chi connectivity index (χ3n) is 2.18. The van der Waals surface area contributed by atoms with Crippen LogP contribution in [0.5, 0.6) is 0 Å². The van der Waals surface area contributed by atoms with Gasteiger partial charge in [0.25, 0.3) is 0 Å². The number of nitrogens with one attached hydrogen (secondary N) is 1. The smallest absolute Gasteiger partial charge is 0.212 e. The molecule has 6 heteroatoms. The highest BCUT2D eigenvalue weighted by atomic mass is 32.1. The van der Waals surface area contributed by atoms with E-state index in [1.165, 1.54) is 11.3 Å². The molecule has 0 atom stereocenters. The van der Waals surface area contributed by atoms with Crippen LogP contribution in [0.15, 0.2) is 29.8 Å². The summed E-state index contributed by atoms with van der Waals surface area (Å²) in [5.74, 6) is 0.0625. The van der Waals surface area contributed by atoms with Gasteiger partial charge in [-0.3, -0.25) is 5.41 Å². The van der Waals surface area contributed by atoms with Crippen molar-refractivity contribution in [2.75, 3.05) is 11.9 Å². The van der Waals surface area contributed by atoms with Gasteiger partial charge in [-0.1, -0.05) is 23.5 Å². The Bertz CT molecular complexity index is 494. The van der Waals surface area contributed by atoms with Gasteiger partial charge >= 0.3 is 0 Å². The molecule has 0 aliphatic carbocycles. The first-order chi connectivity index (χ1) is 7.68. The van der Waals surface area contributed by atoms with Crippen LogP contribution in [-0.4, -0.2) is 23.1 Å². The molecule has 1 aromatic carbocycles. The zero-order valence-corrected chi connectivity index (χ0v) is 9.53. The van der Waals surface area contributed by atoms with Gasteiger partial charge in [-0.2, -0.15) is 0 Å². The second kappa shape index (κ2) is 4.28. The Balaban J connectivity index is 2.34. The van der Waals surface area contributed by atoms with Crippen LogP contribution in [0.4, 0.5) is 10.8 Å². The van der Waals surface area contributed by atoms with Crippen LogP contribution in [0.25, 0.3) is 0 Å². The van der Waals surface area contributed by atoms with Gasteiger partial charge in [0, 0.05) is 18.3 Å². The average molecular weight is 233 g/mol. The summed E-state index contributed by atoms with van der Waals surface area (Å²) in [7, 11) is 1.90. The van der Waals surface area contributed by atoms with Gasteiger partial charge in [0.05, 0.1) is 0 Å². The molecule has 0 saturated heterocycles. The number of anilines is 2. The van der Waals surface area contributed by atoms with Crippen LogP contribution in [0.1, 0.15) is 5.56 Å². The van der Waals surface area contributed by atoms with Crippen molar-refractivity contribution in [2.45, 2.75) is 0 Å². The summed E-state index contributed by atoms with van der Waals surface area (Å²) in [5.41, 5.74) is 8.76. The van der Waals surface area contributed by atoms with Crippen LogP contribution >= 0.6 is 11.3 Å². The highest BCUT2D eigenvalue weighted by Crippen LogP contribution is 2.24. The fourth-order valence-electron chi connectivity index (χ4n) is 1.31. The predicted octanol–water partition coefficient (Wildman–Crippen LogP) is 1.59. The lowest BCUT2D eigenvalue weighted by Crippen LogP contribution is -2.13. The van der Waals surface area contributed by atoms with Crippen molar-refractivity contribution < 1.29 is 0 Å². The molecule has 0 amide bonds. The highest BCUT2D eigenvalue weighted by molar-refractivity contribution is 7.13. The second-order valence-corrected chi connectivity index (χ2v) is 4.06. The molecule has 0 aliphatic rings. The lowest BCUT2D eigenvalue weighted by molar-refractivity contribution is 1.04. The molecule has 1 aromatic heterocycles. The maximum absolute atomic E-state index is 7.38. The maximum Gasteiger partial charge on any atom is 0.212 e. The summed E-state index contributed by atoms with van der Waals surface area (Å²) >= 11 is 1.46. The predicted molar refractivity (Wildman–Crippen MR) is 65.4 cm³/mol. The molecule has 0 fully saturated rings. The Kier molecular flexibility index (Phi) is 2.82. The first kappa shape index (κ1) is 10.6. The summed E-state index contributed by atoms with van der Waals surface area (Å²) in [6, 6.07) is 7.46. The molecule has 0 radical (unpaired) electrons. The van der Waals surface area contributed by atoms with Gasteiger partial charge < -0.3 is 10.6 Å². The van der Waals surface area contributed by atoms with Crippen LogP contribution in [-0.2, 0) is 0 Å². The number of benzene rings is 1. The van der Waals surface area contributed by atoms with E-state index >= 15 is 0 Å². The topological polar surface area (TPSA) is 78.9 Å². The van der Waals surface area contributed by atoms with E-state index in [0.717, 1.165) is 10.8 Å². The van der Waals surface area contributed by atoms with Crippen molar-refractivity contribution in [3.05, 3.63) is 35.3 Å². The van der Waals surface area contributed by atoms with E-state index in [1.54, 1.807) is 11.6 Å². The zero-order valence-electron chi connectivity index (χ0n) is 8.71. The number of aromatic nitrogens is 2. The van der Waals surface area contributed by atoms with Crippen LogP contribution in [0, 0.1) is 5.41 Å². The summed E-state index contributed by atoms with van der Waals surface area (Å²) in [6.07, 6.45) is 0. The molecular weight excluding hydrogens is 222 g/mol. The summed E-state index contributed by atoms with van der Waals surface area (Å²) < 4.78 is 0. The van der Waals surface area contributed by atoms with E-state index in [0.29, 0.717) is 5.56 Å². The molecule has 0 unspecified atom stereocenters. The molecule has 0 spiro atoms. The standard InChI is InChI=1S/C10H11N5S/c1-15(10-14-13-6-16-10)8-4-2-3-7(5-8)9(11)12/h2-6H,1H3,(H3,11,12). The number of nitrogens with two attached hydrogens (primary N) is 1. The number of nitrogens with zero attached hydrogens (tertiary/aromatic N) is 3. The Morgan fingerprint density at radius 3 is 2.94 bits per heavy atom. The van der Waals surface area contributed by atoms with Crippen LogP contribution < -0.4 is 10.6 Å². The third-order valence-corrected chi connectivity index (χ3v) is 2.95. The number of amidine groups is 1. The second-order valence-electron chi connectivity index (χ2n) is 3.24. The molecule has 2 aromatic rings. The van der Waals surface area contributed by atoms with Crippen molar-refractivity contribution >= 4 is 28.0 Å². The molecule has 2 rings (SSSR count). The number of nitrogen functional groups attached to an aromatic ring is 1. The van der Waals surface area contributed by atoms with Gasteiger partial charge in [0.1, 0.15) is 11.3 Å². The zero-order chi connectivity index (χ0) is 11.5. The Hall–Kier alpha value is -1.95. The highest BCUT2D eigenvalue weighted by Gasteiger charge is 2.08. The molecule has 16 heavy (non-hydrogen) atoms. The lowest BCUT2D eigenvalue weighted by Gasteiger charge is -2.15. The van der Waals surface area contributed by atoms with Gasteiger partial charge in [0.2, 0.25) is 5.13 Å². The van der Waals surface area contributed by atoms with E-state index in [9.17, 15) is 0 Å². The quantitative estimate of drug-likeness (QED) is 0.623. The van der Waals surface area contributed by atoms with E-state index in [4.69, 9.17) is 11.1 Å². The molecule has 0 aliphatic heterocycles. The van der Waals surface area contributed by atoms with Crippen LogP contribution in [0.3, 0.4) is 0 Å².